The van der Waals surface area contributed by atoms with Crippen LogP contribution >= 0.6 is 0 Å². The van der Waals surface area contributed by atoms with Gasteiger partial charge in [0.2, 0.25) is 0 Å². The lowest BCUT2D eigenvalue weighted by molar-refractivity contribution is -0.924. The van der Waals surface area contributed by atoms with Crippen molar-refractivity contribution >= 4 is 8.32 Å². The van der Waals surface area contributed by atoms with Crippen molar-refractivity contribution in [2.75, 3.05) is 26.7 Å². The molecule has 1 aromatic carbocycles. The first-order chi connectivity index (χ1) is 9.50. The van der Waals surface area contributed by atoms with Gasteiger partial charge in [-0.2, -0.15) is 0 Å². The predicted molar refractivity (Wildman–Crippen MR) is 88.3 cm³/mol. The summed E-state index contributed by atoms with van der Waals surface area (Å²) in [4.78, 5) is 0. The van der Waals surface area contributed by atoms with Crippen LogP contribution in [-0.4, -0.2) is 39.5 Å². The van der Waals surface area contributed by atoms with E-state index in [1.807, 2.05) is 0 Å². The molecule has 0 bridgehead atoms. The quantitative estimate of drug-likeness (QED) is 0.572. The van der Waals surface area contributed by atoms with Gasteiger partial charge in [0.25, 0.3) is 0 Å². The molecule has 1 heterocycles. The summed E-state index contributed by atoms with van der Waals surface area (Å²) in [6.07, 6.45) is 1.21. The Kier molecular flexibility index (Phi) is 5.05. The maximum absolute atomic E-state index is 6.31. The molecule has 0 radical (unpaired) electrons. The highest BCUT2D eigenvalue weighted by Gasteiger charge is 2.30. The standard InChI is InChI=1S/C17H30NOSi/c1-5-20(4,6-2)19-14-13-18(3)12-11-16-9-7-8-10-17(16)15-18/h7-10H,5-6,11-15H2,1-4H3/q+1. The van der Waals surface area contributed by atoms with Gasteiger partial charge in [-0.25, -0.2) is 0 Å². The Labute approximate surface area is 125 Å². The van der Waals surface area contributed by atoms with Crippen LogP contribution in [0.1, 0.15) is 25.0 Å². The van der Waals surface area contributed by atoms with E-state index in [-0.39, 0.29) is 0 Å². The third-order valence-electron chi connectivity index (χ3n) is 5.17. The fourth-order valence-corrected chi connectivity index (χ4v) is 4.49. The third-order valence-corrected chi connectivity index (χ3v) is 9.06. The van der Waals surface area contributed by atoms with E-state index in [4.69, 9.17) is 4.43 Å². The molecular formula is C17H30NOSi+. The van der Waals surface area contributed by atoms with Crippen LogP contribution in [0, 0.1) is 0 Å². The van der Waals surface area contributed by atoms with Crippen molar-refractivity contribution in [1.29, 1.82) is 0 Å². The van der Waals surface area contributed by atoms with E-state index in [0.29, 0.717) is 0 Å². The van der Waals surface area contributed by atoms with Gasteiger partial charge in [0.1, 0.15) is 13.1 Å². The zero-order chi connectivity index (χ0) is 14.6. The minimum Gasteiger partial charge on any atom is -0.411 e. The van der Waals surface area contributed by atoms with Gasteiger partial charge in [0, 0.05) is 12.0 Å². The van der Waals surface area contributed by atoms with Crippen molar-refractivity contribution < 1.29 is 8.91 Å². The number of quaternary nitrogens is 1. The molecule has 0 saturated heterocycles. The lowest BCUT2D eigenvalue weighted by Crippen LogP contribution is -2.50. The monoisotopic (exact) mass is 292 g/mol. The van der Waals surface area contributed by atoms with E-state index in [2.05, 4.69) is 51.7 Å². The zero-order valence-corrected chi connectivity index (χ0v) is 14.6. The van der Waals surface area contributed by atoms with Crippen LogP contribution < -0.4 is 0 Å². The summed E-state index contributed by atoms with van der Waals surface area (Å²) in [5, 5.41) is 0. The molecule has 0 N–H and O–H groups in total. The van der Waals surface area contributed by atoms with Crippen molar-refractivity contribution in [3.63, 3.8) is 0 Å². The van der Waals surface area contributed by atoms with Crippen LogP contribution in [-0.2, 0) is 17.4 Å². The van der Waals surface area contributed by atoms with E-state index in [9.17, 15) is 0 Å². The average Bonchev–Trinajstić information content (AvgIpc) is 2.46. The van der Waals surface area contributed by atoms with Gasteiger partial charge >= 0.3 is 0 Å². The largest absolute Gasteiger partial charge is 0.411 e. The molecule has 1 unspecified atom stereocenters. The Hall–Kier alpha value is -0.643. The highest BCUT2D eigenvalue weighted by molar-refractivity contribution is 6.72. The molecular weight excluding hydrogens is 262 g/mol. The Morgan fingerprint density at radius 1 is 1.15 bits per heavy atom. The normalized spacial score (nSPS) is 22.6. The van der Waals surface area contributed by atoms with Crippen LogP contribution in [0.15, 0.2) is 24.3 Å². The fraction of sp³-hybridized carbons (Fsp3) is 0.647. The molecule has 1 aliphatic heterocycles. The first-order valence-corrected chi connectivity index (χ1v) is 10.9. The summed E-state index contributed by atoms with van der Waals surface area (Å²) >= 11 is 0. The van der Waals surface area contributed by atoms with Gasteiger partial charge in [-0.05, 0) is 24.2 Å². The summed E-state index contributed by atoms with van der Waals surface area (Å²) in [5.41, 5.74) is 3.08. The van der Waals surface area contributed by atoms with Gasteiger partial charge in [0.05, 0.1) is 20.2 Å². The van der Waals surface area contributed by atoms with E-state index in [0.717, 1.165) is 24.2 Å². The SMILES string of the molecule is CC[Si](C)(CC)OCC[N+]1(C)CCc2ccccc2C1. The smallest absolute Gasteiger partial charge is 0.189 e. The summed E-state index contributed by atoms with van der Waals surface area (Å²) in [6.45, 7) is 11.4. The summed E-state index contributed by atoms with van der Waals surface area (Å²) in [6, 6.07) is 11.4. The lowest BCUT2D eigenvalue weighted by atomic mass is 9.98. The molecule has 0 saturated carbocycles. The summed E-state index contributed by atoms with van der Waals surface area (Å²) in [5.74, 6) is 0. The van der Waals surface area contributed by atoms with Crippen LogP contribution in [0.5, 0.6) is 0 Å². The number of hydrogen-bond acceptors (Lipinski definition) is 1. The van der Waals surface area contributed by atoms with Gasteiger partial charge in [-0.15, -0.1) is 0 Å². The number of hydrogen-bond donors (Lipinski definition) is 0. The van der Waals surface area contributed by atoms with E-state index >= 15 is 0 Å². The Morgan fingerprint density at radius 3 is 2.45 bits per heavy atom. The molecule has 0 aliphatic carbocycles. The lowest BCUT2D eigenvalue weighted by Gasteiger charge is -2.39. The van der Waals surface area contributed by atoms with Gasteiger partial charge in [0.15, 0.2) is 8.32 Å². The number of benzene rings is 1. The number of nitrogens with zero attached hydrogens (tertiary/aromatic N) is 1. The van der Waals surface area contributed by atoms with Crippen LogP contribution in [0.2, 0.25) is 18.6 Å². The second-order valence-electron chi connectivity index (χ2n) is 6.75. The van der Waals surface area contributed by atoms with Crippen molar-refractivity contribution in [1.82, 2.24) is 0 Å². The molecule has 3 heteroatoms. The van der Waals surface area contributed by atoms with Crippen molar-refractivity contribution in [3.8, 4) is 0 Å². The molecule has 0 amide bonds. The van der Waals surface area contributed by atoms with Crippen molar-refractivity contribution in [2.45, 2.75) is 45.4 Å². The minimum atomic E-state index is -1.40. The van der Waals surface area contributed by atoms with Gasteiger partial charge < -0.3 is 8.91 Å². The van der Waals surface area contributed by atoms with Crippen molar-refractivity contribution in [3.05, 3.63) is 35.4 Å². The molecule has 1 aromatic rings. The third kappa shape index (κ3) is 3.71. The highest BCUT2D eigenvalue weighted by Crippen LogP contribution is 2.24. The van der Waals surface area contributed by atoms with Crippen LogP contribution in [0.4, 0.5) is 0 Å². The molecule has 112 valence electrons. The maximum atomic E-state index is 6.31. The molecule has 2 rings (SSSR count). The zero-order valence-electron chi connectivity index (χ0n) is 13.6. The van der Waals surface area contributed by atoms with Crippen LogP contribution in [0.3, 0.4) is 0 Å². The number of rotatable bonds is 6. The molecule has 1 atom stereocenters. The van der Waals surface area contributed by atoms with E-state index in [1.54, 1.807) is 5.56 Å². The van der Waals surface area contributed by atoms with Gasteiger partial charge in [-0.3, -0.25) is 0 Å². The molecule has 1 aliphatic rings. The summed E-state index contributed by atoms with van der Waals surface area (Å²) < 4.78 is 7.44. The number of likely N-dealkylation sites (N-methyl/N-ethyl adjacent to an activating group) is 1. The first-order valence-electron chi connectivity index (χ1n) is 8.04. The Bertz CT molecular complexity index is 444. The number of fused-ring (bicyclic) bond motifs is 1. The second-order valence-corrected chi connectivity index (χ2v) is 11.4. The van der Waals surface area contributed by atoms with E-state index < -0.39 is 8.32 Å². The summed E-state index contributed by atoms with van der Waals surface area (Å²) in [7, 11) is 0.989. The molecule has 2 nitrogen and oxygen atoms in total. The highest BCUT2D eigenvalue weighted by atomic mass is 28.4. The molecule has 0 spiro atoms. The Morgan fingerprint density at radius 2 is 1.80 bits per heavy atom. The fourth-order valence-electron chi connectivity index (χ4n) is 2.99. The first kappa shape index (κ1) is 15.7. The maximum Gasteiger partial charge on any atom is 0.189 e. The topological polar surface area (TPSA) is 9.23 Å². The molecule has 20 heavy (non-hydrogen) atoms. The van der Waals surface area contributed by atoms with Gasteiger partial charge in [-0.1, -0.05) is 38.1 Å². The average molecular weight is 293 g/mol. The predicted octanol–water partition coefficient (Wildman–Crippen LogP) is 3.82. The Balaban J connectivity index is 1.91. The molecule has 0 fully saturated rings. The second kappa shape index (κ2) is 6.42. The van der Waals surface area contributed by atoms with E-state index in [1.165, 1.54) is 30.6 Å². The van der Waals surface area contributed by atoms with Crippen molar-refractivity contribution in [2.24, 2.45) is 0 Å². The molecule has 0 aromatic heterocycles. The van der Waals surface area contributed by atoms with Crippen LogP contribution in [0.25, 0.3) is 0 Å². The minimum absolute atomic E-state index is 0.934.